The van der Waals surface area contributed by atoms with Gasteiger partial charge < -0.3 is 5.32 Å². The van der Waals surface area contributed by atoms with Crippen molar-refractivity contribution >= 4 is 55.6 Å². The van der Waals surface area contributed by atoms with Gasteiger partial charge in [-0.05, 0) is 43.2 Å². The number of rotatable bonds is 9. The fourth-order valence-electron chi connectivity index (χ4n) is 4.32. The summed E-state index contributed by atoms with van der Waals surface area (Å²) < 4.78 is 26.9. The summed E-state index contributed by atoms with van der Waals surface area (Å²) in [7, 11) is -3.97. The van der Waals surface area contributed by atoms with Crippen molar-refractivity contribution in [3.8, 4) is 0 Å². The highest BCUT2D eigenvalue weighted by Crippen LogP contribution is 2.35. The number of benzene rings is 1. The van der Waals surface area contributed by atoms with Gasteiger partial charge in [0.15, 0.2) is 20.1 Å². The molecule has 39 heavy (non-hydrogen) atoms. The molecular formula is C27H25N5O4S3. The first kappa shape index (κ1) is 27.0. The first-order valence-electron chi connectivity index (χ1n) is 12.3. The van der Waals surface area contributed by atoms with Gasteiger partial charge in [0.2, 0.25) is 9.84 Å². The van der Waals surface area contributed by atoms with E-state index < -0.39 is 15.9 Å². The molecule has 0 aliphatic heterocycles. The zero-order chi connectivity index (χ0) is 27.2. The van der Waals surface area contributed by atoms with E-state index in [0.29, 0.717) is 16.9 Å². The molecule has 9 nitrogen and oxygen atoms in total. The Balaban J connectivity index is 1.38. The maximum absolute atomic E-state index is 13.4. The standard InChI is InChI=1S/C27H25N5O4S3/c33-24(18-8-4-5-9-18)20-16-28-15-13-21(20)30-26(34)32-27-31-22(17-37-19-10-2-1-3-11-19)25(38-27)39(35,36)23-12-6-7-14-29-23/h1-3,6-7,10-16,18H,4-5,8-9,17H2,(H2,28,30,31,32,34). The molecular weight excluding hydrogens is 555 g/mol. The van der Waals surface area contributed by atoms with Gasteiger partial charge in [-0.2, -0.15) is 0 Å². The summed E-state index contributed by atoms with van der Waals surface area (Å²) in [5.41, 5.74) is 1.02. The number of amides is 2. The zero-order valence-corrected chi connectivity index (χ0v) is 23.2. The minimum atomic E-state index is -3.97. The highest BCUT2D eigenvalue weighted by molar-refractivity contribution is 7.98. The van der Waals surface area contributed by atoms with E-state index in [1.54, 1.807) is 18.2 Å². The van der Waals surface area contributed by atoms with Crippen molar-refractivity contribution in [2.75, 3.05) is 10.6 Å². The van der Waals surface area contributed by atoms with Crippen LogP contribution in [0.4, 0.5) is 15.6 Å². The number of thioether (sulfide) groups is 1. The SMILES string of the molecule is O=C(Nc1nc(CSc2ccccc2)c(S(=O)(=O)c2ccccn2)s1)Nc1ccncc1C(=O)C1CCCC1. The first-order valence-corrected chi connectivity index (χ1v) is 15.6. The normalized spacial score (nSPS) is 13.7. The van der Waals surface area contributed by atoms with Crippen molar-refractivity contribution in [3.05, 3.63) is 84.4 Å². The van der Waals surface area contributed by atoms with Crippen LogP contribution in [0.1, 0.15) is 41.7 Å². The molecule has 200 valence electrons. The van der Waals surface area contributed by atoms with Crippen LogP contribution in [0.15, 0.2) is 87.3 Å². The zero-order valence-electron chi connectivity index (χ0n) is 20.7. The largest absolute Gasteiger partial charge is 0.325 e. The first-order chi connectivity index (χ1) is 18.9. The lowest BCUT2D eigenvalue weighted by Gasteiger charge is -2.13. The van der Waals surface area contributed by atoms with E-state index in [-0.39, 0.29) is 31.8 Å². The fourth-order valence-corrected chi connectivity index (χ4v) is 8.08. The number of Topliss-reactive ketones (excluding diaryl/α,β-unsaturated/α-hetero) is 1. The van der Waals surface area contributed by atoms with Gasteiger partial charge in [0, 0.05) is 35.2 Å². The molecule has 1 fully saturated rings. The van der Waals surface area contributed by atoms with Crippen molar-refractivity contribution < 1.29 is 18.0 Å². The predicted molar refractivity (Wildman–Crippen MR) is 151 cm³/mol. The minimum Gasteiger partial charge on any atom is -0.307 e. The third kappa shape index (κ3) is 6.35. The molecule has 0 radical (unpaired) electrons. The number of urea groups is 1. The lowest BCUT2D eigenvalue weighted by Crippen LogP contribution is -2.22. The molecule has 12 heteroatoms. The molecule has 1 aliphatic rings. The number of sulfone groups is 1. The maximum atomic E-state index is 13.4. The summed E-state index contributed by atoms with van der Waals surface area (Å²) in [6.45, 7) is 0. The minimum absolute atomic E-state index is 0.0148. The van der Waals surface area contributed by atoms with Crippen LogP contribution in [0.2, 0.25) is 0 Å². The number of ketones is 1. The Morgan fingerprint density at radius 1 is 0.974 bits per heavy atom. The Kier molecular flexibility index (Phi) is 8.34. The number of carbonyl (C=O) groups excluding carboxylic acids is 2. The van der Waals surface area contributed by atoms with Crippen molar-refractivity contribution in [1.82, 2.24) is 15.0 Å². The third-order valence-corrected chi connectivity index (χ3v) is 10.5. The number of thiazole rings is 1. The number of nitrogens with one attached hydrogen (secondary N) is 2. The van der Waals surface area contributed by atoms with Gasteiger partial charge in [0.25, 0.3) is 0 Å². The lowest BCUT2D eigenvalue weighted by molar-refractivity contribution is 0.0923. The molecule has 0 saturated heterocycles. The van der Waals surface area contributed by atoms with Gasteiger partial charge in [-0.3, -0.25) is 15.1 Å². The molecule has 0 unspecified atom stereocenters. The van der Waals surface area contributed by atoms with E-state index in [0.717, 1.165) is 41.9 Å². The summed E-state index contributed by atoms with van der Waals surface area (Å²) >= 11 is 2.30. The van der Waals surface area contributed by atoms with Crippen LogP contribution in [0.3, 0.4) is 0 Å². The lowest BCUT2D eigenvalue weighted by atomic mass is 9.96. The molecule has 1 aliphatic carbocycles. The van der Waals surface area contributed by atoms with E-state index in [1.807, 2.05) is 30.3 Å². The molecule has 0 bridgehead atoms. The summed E-state index contributed by atoms with van der Waals surface area (Å²) in [5.74, 6) is 0.171. The number of hydrogen-bond donors (Lipinski definition) is 2. The van der Waals surface area contributed by atoms with Crippen LogP contribution in [0, 0.1) is 5.92 Å². The summed E-state index contributed by atoms with van der Waals surface area (Å²) in [6, 6.07) is 15.2. The second kappa shape index (κ2) is 12.1. The molecule has 1 aromatic carbocycles. The van der Waals surface area contributed by atoms with Gasteiger partial charge in [-0.15, -0.1) is 11.8 Å². The molecule has 2 amide bonds. The Hall–Kier alpha value is -3.61. The van der Waals surface area contributed by atoms with Gasteiger partial charge in [0.1, 0.15) is 0 Å². The van der Waals surface area contributed by atoms with Gasteiger partial charge in [-0.1, -0.05) is 48.4 Å². The fraction of sp³-hybridized carbons (Fsp3) is 0.222. The molecule has 3 aromatic heterocycles. The number of hydrogen-bond acceptors (Lipinski definition) is 9. The van der Waals surface area contributed by atoms with E-state index in [4.69, 9.17) is 0 Å². The Labute approximate surface area is 234 Å². The monoisotopic (exact) mass is 579 g/mol. The van der Waals surface area contributed by atoms with E-state index in [2.05, 4.69) is 25.6 Å². The van der Waals surface area contributed by atoms with E-state index in [9.17, 15) is 18.0 Å². The Morgan fingerprint density at radius 3 is 2.49 bits per heavy atom. The highest BCUT2D eigenvalue weighted by atomic mass is 32.2. The average Bonchev–Trinajstić information content (AvgIpc) is 3.64. The number of carbonyl (C=O) groups is 2. The second-order valence-corrected chi connectivity index (χ2v) is 13.0. The van der Waals surface area contributed by atoms with Crippen LogP contribution < -0.4 is 10.6 Å². The topological polar surface area (TPSA) is 131 Å². The molecule has 3 heterocycles. The Bertz CT molecular complexity index is 1570. The van der Waals surface area contributed by atoms with Crippen LogP contribution >= 0.6 is 23.1 Å². The number of pyridine rings is 2. The summed E-state index contributed by atoms with van der Waals surface area (Å²) in [4.78, 5) is 39.4. The molecule has 2 N–H and O–H groups in total. The average molecular weight is 580 g/mol. The molecule has 4 aromatic rings. The number of aromatic nitrogens is 3. The smallest absolute Gasteiger partial charge is 0.307 e. The Morgan fingerprint density at radius 2 is 1.74 bits per heavy atom. The van der Waals surface area contributed by atoms with E-state index >= 15 is 0 Å². The van der Waals surface area contributed by atoms with Crippen molar-refractivity contribution in [3.63, 3.8) is 0 Å². The van der Waals surface area contributed by atoms with Crippen LogP contribution in [-0.4, -0.2) is 35.2 Å². The van der Waals surface area contributed by atoms with Gasteiger partial charge in [-0.25, -0.2) is 23.2 Å². The number of anilines is 2. The maximum Gasteiger partial charge on any atom is 0.325 e. The van der Waals surface area contributed by atoms with Crippen LogP contribution in [0.25, 0.3) is 0 Å². The predicted octanol–water partition coefficient (Wildman–Crippen LogP) is 6.08. The quantitative estimate of drug-likeness (QED) is 0.180. The van der Waals surface area contributed by atoms with Gasteiger partial charge in [0.05, 0.1) is 16.9 Å². The van der Waals surface area contributed by atoms with Crippen molar-refractivity contribution in [2.24, 2.45) is 5.92 Å². The van der Waals surface area contributed by atoms with E-state index in [1.165, 1.54) is 36.4 Å². The molecule has 0 atom stereocenters. The highest BCUT2D eigenvalue weighted by Gasteiger charge is 2.29. The van der Waals surface area contributed by atoms with Crippen LogP contribution in [0.5, 0.6) is 0 Å². The molecule has 5 rings (SSSR count). The molecule has 0 spiro atoms. The third-order valence-electron chi connectivity index (χ3n) is 6.22. The van der Waals surface area contributed by atoms with Crippen LogP contribution in [-0.2, 0) is 15.6 Å². The van der Waals surface area contributed by atoms with Crippen molar-refractivity contribution in [1.29, 1.82) is 0 Å². The van der Waals surface area contributed by atoms with Gasteiger partial charge >= 0.3 is 6.03 Å². The molecule has 1 saturated carbocycles. The van der Waals surface area contributed by atoms with Crippen molar-refractivity contribution in [2.45, 2.75) is 45.6 Å². The summed E-state index contributed by atoms with van der Waals surface area (Å²) in [5, 5.41) is 5.37. The number of nitrogens with zero attached hydrogens (tertiary/aromatic N) is 3. The summed E-state index contributed by atoms with van der Waals surface area (Å²) in [6.07, 6.45) is 8.07. The second-order valence-electron chi connectivity index (χ2n) is 8.87.